The highest BCUT2D eigenvalue weighted by molar-refractivity contribution is 5.36. The Morgan fingerprint density at radius 3 is 2.94 bits per heavy atom. The van der Waals surface area contributed by atoms with Crippen LogP contribution in [0.4, 0.5) is 0 Å². The van der Waals surface area contributed by atoms with Crippen LogP contribution in [0.3, 0.4) is 0 Å². The lowest BCUT2D eigenvalue weighted by Gasteiger charge is -2.23. The lowest BCUT2D eigenvalue weighted by atomic mass is 10.1. The van der Waals surface area contributed by atoms with Gasteiger partial charge < -0.3 is 10.4 Å². The molecule has 0 spiro atoms. The highest BCUT2D eigenvalue weighted by atomic mass is 16.3. The van der Waals surface area contributed by atoms with Crippen LogP contribution in [0.5, 0.6) is 0 Å². The minimum absolute atomic E-state index is 0.123. The number of aliphatic hydroxyl groups excluding tert-OH is 1. The van der Waals surface area contributed by atoms with E-state index in [1.807, 2.05) is 0 Å². The van der Waals surface area contributed by atoms with Gasteiger partial charge in [0.1, 0.15) is 0 Å². The SMILES string of the molecule is CCCCC(C)N[C@@H]1c2ccccc2C[C@@H]1O. The first-order chi connectivity index (χ1) is 8.22. The predicted molar refractivity (Wildman–Crippen MR) is 71.0 cm³/mol. The maximum absolute atomic E-state index is 10.1. The van der Waals surface area contributed by atoms with Gasteiger partial charge in [-0.2, -0.15) is 0 Å². The van der Waals surface area contributed by atoms with E-state index in [1.165, 1.54) is 30.4 Å². The molecule has 1 aliphatic carbocycles. The molecular weight excluding hydrogens is 210 g/mol. The van der Waals surface area contributed by atoms with Gasteiger partial charge in [-0.15, -0.1) is 0 Å². The Kier molecular flexibility index (Phi) is 4.19. The fraction of sp³-hybridized carbons (Fsp3) is 0.600. The second-order valence-corrected chi connectivity index (χ2v) is 5.16. The van der Waals surface area contributed by atoms with Crippen LogP contribution in [0.2, 0.25) is 0 Å². The summed E-state index contributed by atoms with van der Waals surface area (Å²) in [6, 6.07) is 8.96. The number of hydrogen-bond donors (Lipinski definition) is 2. The zero-order chi connectivity index (χ0) is 12.3. The van der Waals surface area contributed by atoms with Gasteiger partial charge in [0, 0.05) is 12.5 Å². The second kappa shape index (κ2) is 5.65. The average molecular weight is 233 g/mol. The van der Waals surface area contributed by atoms with Crippen molar-refractivity contribution in [2.75, 3.05) is 0 Å². The minimum Gasteiger partial charge on any atom is -0.391 e. The van der Waals surface area contributed by atoms with Crippen molar-refractivity contribution in [1.29, 1.82) is 0 Å². The van der Waals surface area contributed by atoms with Crippen LogP contribution < -0.4 is 5.32 Å². The number of aliphatic hydroxyl groups is 1. The number of rotatable bonds is 5. The Balaban J connectivity index is 2.01. The van der Waals surface area contributed by atoms with Crippen molar-refractivity contribution in [2.24, 2.45) is 0 Å². The third-order valence-electron chi connectivity index (χ3n) is 3.66. The summed E-state index contributed by atoms with van der Waals surface area (Å²) in [6.45, 7) is 4.43. The molecule has 2 nitrogen and oxygen atoms in total. The summed E-state index contributed by atoms with van der Waals surface area (Å²) in [5, 5.41) is 13.7. The molecule has 2 rings (SSSR count). The van der Waals surface area contributed by atoms with E-state index in [0.29, 0.717) is 6.04 Å². The highest BCUT2D eigenvalue weighted by Gasteiger charge is 2.31. The monoisotopic (exact) mass is 233 g/mol. The van der Waals surface area contributed by atoms with E-state index in [9.17, 15) is 5.11 Å². The molecule has 0 aliphatic heterocycles. The number of nitrogens with one attached hydrogen (secondary N) is 1. The number of hydrogen-bond acceptors (Lipinski definition) is 2. The molecule has 1 aromatic carbocycles. The lowest BCUT2D eigenvalue weighted by Crippen LogP contribution is -2.35. The summed E-state index contributed by atoms with van der Waals surface area (Å²) < 4.78 is 0. The van der Waals surface area contributed by atoms with Gasteiger partial charge in [-0.05, 0) is 24.5 Å². The number of benzene rings is 1. The summed E-state index contributed by atoms with van der Waals surface area (Å²) in [6.07, 6.45) is 4.18. The van der Waals surface area contributed by atoms with Gasteiger partial charge in [-0.3, -0.25) is 0 Å². The van der Waals surface area contributed by atoms with E-state index in [-0.39, 0.29) is 12.1 Å². The van der Waals surface area contributed by atoms with Gasteiger partial charge in [-0.25, -0.2) is 0 Å². The molecule has 0 saturated carbocycles. The molecule has 0 saturated heterocycles. The van der Waals surface area contributed by atoms with E-state index < -0.39 is 0 Å². The summed E-state index contributed by atoms with van der Waals surface area (Å²) in [5.41, 5.74) is 2.57. The Morgan fingerprint density at radius 2 is 2.18 bits per heavy atom. The van der Waals surface area contributed by atoms with Crippen molar-refractivity contribution in [3.05, 3.63) is 35.4 Å². The first kappa shape index (κ1) is 12.6. The zero-order valence-electron chi connectivity index (χ0n) is 10.8. The topological polar surface area (TPSA) is 32.3 Å². The normalized spacial score (nSPS) is 24.6. The van der Waals surface area contributed by atoms with Crippen molar-refractivity contribution in [1.82, 2.24) is 5.32 Å². The van der Waals surface area contributed by atoms with Gasteiger partial charge in [0.15, 0.2) is 0 Å². The van der Waals surface area contributed by atoms with Crippen LogP contribution in [-0.2, 0) is 6.42 Å². The van der Waals surface area contributed by atoms with Gasteiger partial charge in [0.05, 0.1) is 12.1 Å². The molecule has 1 unspecified atom stereocenters. The molecule has 1 aliphatic rings. The van der Waals surface area contributed by atoms with E-state index >= 15 is 0 Å². The van der Waals surface area contributed by atoms with E-state index in [2.05, 4.69) is 43.4 Å². The summed E-state index contributed by atoms with van der Waals surface area (Å²) in [4.78, 5) is 0. The lowest BCUT2D eigenvalue weighted by molar-refractivity contribution is 0.135. The summed E-state index contributed by atoms with van der Waals surface area (Å²) >= 11 is 0. The molecule has 94 valence electrons. The van der Waals surface area contributed by atoms with Crippen molar-refractivity contribution in [3.8, 4) is 0 Å². The summed E-state index contributed by atoms with van der Waals surface area (Å²) in [5.74, 6) is 0. The molecule has 3 atom stereocenters. The molecule has 1 aromatic rings. The fourth-order valence-electron chi connectivity index (χ4n) is 2.67. The molecule has 0 aromatic heterocycles. The van der Waals surface area contributed by atoms with Gasteiger partial charge >= 0.3 is 0 Å². The van der Waals surface area contributed by atoms with Crippen LogP contribution in [0, 0.1) is 0 Å². The first-order valence-corrected chi connectivity index (χ1v) is 6.74. The van der Waals surface area contributed by atoms with Crippen molar-refractivity contribution < 1.29 is 5.11 Å². The van der Waals surface area contributed by atoms with Gasteiger partial charge in [-0.1, -0.05) is 44.0 Å². The Labute approximate surface area is 104 Å². The fourth-order valence-corrected chi connectivity index (χ4v) is 2.67. The zero-order valence-corrected chi connectivity index (χ0v) is 10.8. The molecule has 0 heterocycles. The molecule has 0 radical (unpaired) electrons. The van der Waals surface area contributed by atoms with E-state index in [0.717, 1.165) is 6.42 Å². The number of fused-ring (bicyclic) bond motifs is 1. The third-order valence-corrected chi connectivity index (χ3v) is 3.66. The Morgan fingerprint density at radius 1 is 1.41 bits per heavy atom. The van der Waals surface area contributed by atoms with Crippen molar-refractivity contribution in [3.63, 3.8) is 0 Å². The Hall–Kier alpha value is -0.860. The maximum atomic E-state index is 10.1. The van der Waals surface area contributed by atoms with E-state index in [4.69, 9.17) is 0 Å². The van der Waals surface area contributed by atoms with Crippen LogP contribution in [0.15, 0.2) is 24.3 Å². The smallest absolute Gasteiger partial charge is 0.0775 e. The van der Waals surface area contributed by atoms with Crippen LogP contribution >= 0.6 is 0 Å². The average Bonchev–Trinajstić information content (AvgIpc) is 2.64. The van der Waals surface area contributed by atoms with Crippen LogP contribution in [-0.4, -0.2) is 17.3 Å². The molecule has 0 fully saturated rings. The molecule has 2 heteroatoms. The second-order valence-electron chi connectivity index (χ2n) is 5.16. The minimum atomic E-state index is -0.267. The van der Waals surface area contributed by atoms with Crippen LogP contribution in [0.1, 0.15) is 50.3 Å². The van der Waals surface area contributed by atoms with Crippen LogP contribution in [0.25, 0.3) is 0 Å². The summed E-state index contributed by atoms with van der Waals surface area (Å²) in [7, 11) is 0. The molecule has 0 amide bonds. The quantitative estimate of drug-likeness (QED) is 0.819. The predicted octanol–water partition coefficient (Wildman–Crippen LogP) is 2.81. The highest BCUT2D eigenvalue weighted by Crippen LogP contribution is 2.31. The molecule has 0 bridgehead atoms. The largest absolute Gasteiger partial charge is 0.391 e. The maximum Gasteiger partial charge on any atom is 0.0775 e. The van der Waals surface area contributed by atoms with Crippen molar-refractivity contribution >= 4 is 0 Å². The third kappa shape index (κ3) is 2.88. The first-order valence-electron chi connectivity index (χ1n) is 6.74. The number of unbranched alkanes of at least 4 members (excludes halogenated alkanes) is 1. The van der Waals surface area contributed by atoms with Gasteiger partial charge in [0.2, 0.25) is 0 Å². The standard InChI is InChI=1S/C15H23NO/c1-3-4-7-11(2)16-15-13-9-6-5-8-12(13)10-14(15)17/h5-6,8-9,11,14-17H,3-4,7,10H2,1-2H3/t11?,14-,15+/m0/s1. The molecular formula is C15H23NO. The van der Waals surface area contributed by atoms with E-state index in [1.54, 1.807) is 0 Å². The van der Waals surface area contributed by atoms with Crippen molar-refractivity contribution in [2.45, 2.75) is 57.7 Å². The molecule has 2 N–H and O–H groups in total. The Bertz CT molecular complexity index is 364. The molecule has 17 heavy (non-hydrogen) atoms. The van der Waals surface area contributed by atoms with Gasteiger partial charge in [0.25, 0.3) is 0 Å².